The minimum atomic E-state index is -1.20. The molecule has 248 valence electrons. The van der Waals surface area contributed by atoms with Crippen molar-refractivity contribution in [2.75, 3.05) is 37.7 Å². The first-order valence-electron chi connectivity index (χ1n) is 16.0. The van der Waals surface area contributed by atoms with Crippen LogP contribution in [0.4, 0.5) is 5.69 Å². The summed E-state index contributed by atoms with van der Waals surface area (Å²) in [6.45, 7) is 21.3. The fraction of sp³-hybridized carbons (Fsp3) is 0.629. The highest BCUT2D eigenvalue weighted by atomic mass is 79.9. The molecule has 2 bridgehead atoms. The number of benzene rings is 1. The number of aliphatic hydroxyl groups is 1. The Morgan fingerprint density at radius 3 is 2.33 bits per heavy atom. The van der Waals surface area contributed by atoms with Crippen molar-refractivity contribution >= 4 is 39.3 Å². The van der Waals surface area contributed by atoms with E-state index in [-0.39, 0.29) is 47.7 Å². The Bertz CT molecular complexity index is 1280. The summed E-state index contributed by atoms with van der Waals surface area (Å²) >= 11 is 3.78. The molecule has 1 spiro atoms. The van der Waals surface area contributed by atoms with Crippen LogP contribution >= 0.6 is 15.9 Å². The van der Waals surface area contributed by atoms with Crippen LogP contribution < -0.4 is 9.64 Å². The number of nitrogens with zero attached hydrogens (tertiary/aromatic N) is 3. The van der Waals surface area contributed by atoms with E-state index in [1.807, 2.05) is 49.9 Å². The van der Waals surface area contributed by atoms with Crippen LogP contribution in [0.15, 0.2) is 49.6 Å². The lowest BCUT2D eigenvalue weighted by Crippen LogP contribution is -2.61. The topological polar surface area (TPSA) is 99.6 Å². The quantitative estimate of drug-likeness (QED) is 0.219. The summed E-state index contributed by atoms with van der Waals surface area (Å²) in [5.41, 5.74) is -1.17. The van der Waals surface area contributed by atoms with Crippen molar-refractivity contribution in [3.05, 3.63) is 49.6 Å². The smallest absolute Gasteiger partial charge is 0.249 e. The Labute approximate surface area is 276 Å². The number of likely N-dealkylation sites (tertiary alicyclic amines) is 1. The van der Waals surface area contributed by atoms with Crippen LogP contribution in [0.1, 0.15) is 60.8 Å². The first kappa shape index (κ1) is 35.2. The molecule has 1 N–H and O–H groups in total. The number of hydrogen-bond donors (Lipinski definition) is 1. The molecule has 1 aromatic rings. The zero-order valence-electron chi connectivity index (χ0n) is 27.6. The van der Waals surface area contributed by atoms with Gasteiger partial charge < -0.3 is 29.3 Å². The van der Waals surface area contributed by atoms with Crippen molar-refractivity contribution in [2.45, 2.75) is 88.9 Å². The van der Waals surface area contributed by atoms with Gasteiger partial charge in [-0.1, -0.05) is 48.9 Å². The fourth-order valence-corrected chi connectivity index (χ4v) is 8.94. The van der Waals surface area contributed by atoms with Gasteiger partial charge >= 0.3 is 0 Å². The highest BCUT2D eigenvalue weighted by molar-refractivity contribution is 9.09. The molecule has 3 aliphatic heterocycles. The number of halogens is 1. The second kappa shape index (κ2) is 13.6. The van der Waals surface area contributed by atoms with Crippen molar-refractivity contribution < 1.29 is 29.0 Å². The zero-order valence-corrected chi connectivity index (χ0v) is 29.2. The predicted octanol–water partition coefficient (Wildman–Crippen LogP) is 4.96. The molecule has 9 nitrogen and oxygen atoms in total. The van der Waals surface area contributed by atoms with Gasteiger partial charge in [0, 0.05) is 42.3 Å². The minimum Gasteiger partial charge on any atom is -0.494 e. The van der Waals surface area contributed by atoms with E-state index in [0.29, 0.717) is 37.4 Å². The van der Waals surface area contributed by atoms with Gasteiger partial charge in [-0.3, -0.25) is 14.4 Å². The van der Waals surface area contributed by atoms with E-state index < -0.39 is 35.1 Å². The Morgan fingerprint density at radius 2 is 1.78 bits per heavy atom. The average molecular weight is 689 g/mol. The molecule has 4 rings (SSSR count). The first-order chi connectivity index (χ1) is 21.2. The van der Waals surface area contributed by atoms with Crippen molar-refractivity contribution in [3.8, 4) is 5.75 Å². The minimum absolute atomic E-state index is 0.0671. The van der Waals surface area contributed by atoms with E-state index in [9.17, 15) is 19.5 Å². The van der Waals surface area contributed by atoms with Gasteiger partial charge in [0.1, 0.15) is 17.4 Å². The molecule has 45 heavy (non-hydrogen) atoms. The first-order valence-corrected chi connectivity index (χ1v) is 16.9. The molecule has 0 aromatic heterocycles. The van der Waals surface area contributed by atoms with E-state index in [0.717, 1.165) is 6.42 Å². The summed E-state index contributed by atoms with van der Waals surface area (Å²) in [6, 6.07) is 6.33. The number of fused-ring (bicyclic) bond motifs is 1. The number of anilines is 1. The molecule has 3 fully saturated rings. The predicted molar refractivity (Wildman–Crippen MR) is 179 cm³/mol. The molecule has 3 unspecified atom stereocenters. The summed E-state index contributed by atoms with van der Waals surface area (Å²) in [5, 5.41) is 9.75. The van der Waals surface area contributed by atoms with Gasteiger partial charge in [0.05, 0.1) is 24.5 Å². The van der Waals surface area contributed by atoms with E-state index in [4.69, 9.17) is 9.47 Å². The Kier molecular flexibility index (Phi) is 10.6. The summed E-state index contributed by atoms with van der Waals surface area (Å²) in [5.74, 6) is -1.71. The van der Waals surface area contributed by atoms with Crippen molar-refractivity contribution in [2.24, 2.45) is 17.3 Å². The number of ether oxygens (including phenoxy) is 2. The third-order valence-corrected chi connectivity index (χ3v) is 10.0. The highest BCUT2D eigenvalue weighted by Gasteiger charge is 2.77. The Balaban J connectivity index is 1.77. The van der Waals surface area contributed by atoms with Crippen LogP contribution in [0.5, 0.6) is 5.75 Å². The largest absolute Gasteiger partial charge is 0.494 e. The van der Waals surface area contributed by atoms with Gasteiger partial charge in [-0.05, 0) is 69.7 Å². The van der Waals surface area contributed by atoms with Gasteiger partial charge in [0.2, 0.25) is 17.7 Å². The van der Waals surface area contributed by atoms with Crippen molar-refractivity contribution in [1.29, 1.82) is 0 Å². The van der Waals surface area contributed by atoms with Crippen molar-refractivity contribution in [1.82, 2.24) is 9.80 Å². The molecular formula is C35H50BrN3O6. The second-order valence-electron chi connectivity index (χ2n) is 14.2. The van der Waals surface area contributed by atoms with E-state index >= 15 is 0 Å². The summed E-state index contributed by atoms with van der Waals surface area (Å²) in [4.78, 5) is 48.6. The Morgan fingerprint density at radius 1 is 1.13 bits per heavy atom. The van der Waals surface area contributed by atoms with Gasteiger partial charge in [-0.2, -0.15) is 0 Å². The van der Waals surface area contributed by atoms with Crippen LogP contribution in [0.25, 0.3) is 0 Å². The number of aliphatic hydroxyl groups excluding tert-OH is 1. The fourth-order valence-electron chi connectivity index (χ4n) is 8.00. The maximum atomic E-state index is 14.8. The number of carbonyl (C=O) groups is 3. The number of carbonyl (C=O) groups excluding carboxylic acids is 3. The van der Waals surface area contributed by atoms with Crippen LogP contribution in [0.2, 0.25) is 0 Å². The monoisotopic (exact) mass is 687 g/mol. The van der Waals surface area contributed by atoms with Gasteiger partial charge in [-0.15, -0.1) is 13.2 Å². The zero-order chi connectivity index (χ0) is 33.3. The van der Waals surface area contributed by atoms with Crippen LogP contribution in [-0.4, -0.2) is 93.6 Å². The molecule has 3 heterocycles. The summed E-state index contributed by atoms with van der Waals surface area (Å²) in [6.07, 6.45) is 4.22. The highest BCUT2D eigenvalue weighted by Crippen LogP contribution is 2.60. The maximum Gasteiger partial charge on any atom is 0.249 e. The normalized spacial score (nSPS) is 27.3. The molecule has 6 atom stereocenters. The molecule has 3 saturated heterocycles. The SMILES string of the molecule is C=CCN(C(=O)[C@H]1[C@H]2C(=O)N(CCCO)C(C(=O)N(CC=C)C(C)(C)CC(C)(C)C)C23CC(Br)[C@@H]1O3)c1ccc(OCC)cc1. The number of rotatable bonds is 14. The summed E-state index contributed by atoms with van der Waals surface area (Å²) < 4.78 is 12.4. The van der Waals surface area contributed by atoms with E-state index in [1.165, 1.54) is 0 Å². The van der Waals surface area contributed by atoms with Crippen LogP contribution in [0, 0.1) is 17.3 Å². The lowest BCUT2D eigenvalue weighted by molar-refractivity contribution is -0.152. The molecule has 10 heteroatoms. The lowest BCUT2D eigenvalue weighted by atomic mass is 9.70. The molecule has 0 saturated carbocycles. The van der Waals surface area contributed by atoms with Crippen molar-refractivity contribution in [3.63, 3.8) is 0 Å². The third kappa shape index (κ3) is 6.60. The molecule has 0 radical (unpaired) electrons. The number of hydrogen-bond acceptors (Lipinski definition) is 6. The maximum absolute atomic E-state index is 14.8. The Hall–Kier alpha value is -2.69. The van der Waals surface area contributed by atoms with Gasteiger partial charge in [0.25, 0.3) is 0 Å². The second-order valence-corrected chi connectivity index (χ2v) is 15.4. The van der Waals surface area contributed by atoms with Crippen LogP contribution in [0.3, 0.4) is 0 Å². The standard InChI is InChI=1S/C35H50BrN3O6/c1-9-17-37(23-13-15-24(16-14-23)44-11-3)30(41)26-27-31(42)38(19-12-20-40)29(35(27)21-25(36)28(26)45-35)32(43)39(18-10-2)34(7,8)22-33(4,5)6/h9-10,13-16,25-29,40H,1-2,11-12,17-22H2,3-8H3/t25?,26-,27-,28-,29?,35?/m0/s1. The third-order valence-electron chi connectivity index (χ3n) is 9.17. The molecular weight excluding hydrogens is 638 g/mol. The van der Waals surface area contributed by atoms with Crippen LogP contribution in [-0.2, 0) is 19.1 Å². The molecule has 3 amide bonds. The number of alkyl halides is 1. The molecule has 0 aliphatic carbocycles. The van der Waals surface area contributed by atoms with E-state index in [2.05, 4.69) is 49.9 Å². The van der Waals surface area contributed by atoms with E-state index in [1.54, 1.807) is 22.0 Å². The average Bonchev–Trinajstić information content (AvgIpc) is 3.55. The lowest BCUT2D eigenvalue weighted by Gasteiger charge is -2.45. The van der Waals surface area contributed by atoms with Gasteiger partial charge in [0.15, 0.2) is 0 Å². The molecule has 1 aromatic carbocycles. The molecule has 3 aliphatic rings. The number of amides is 3. The summed E-state index contributed by atoms with van der Waals surface area (Å²) in [7, 11) is 0. The van der Waals surface area contributed by atoms with Gasteiger partial charge in [-0.25, -0.2) is 0 Å².